The number of para-hydroxylation sites is 4. The SMILES string of the molecule is CC1(C)CC(=O)N(C2c3cc(C(=O)N[C@H]4CC(C)(C)Oc5ccccc54)ccc3OC2(C)C)C(N)=N1.CCC1(CC)CC(=O)N([C@@H]2CCOc3ccc(C(=O)NC4c5ccccc5OC4(C)C)cc32)C(N)=N1.CCC1(CC)CC(=O)N([C@@H]2CCOc3ccc(C(=O)NC4c5ccccc5OC4(C)C)cc32)C(N)=N1.C[C@@H]1Cc2ccc(C(=O)N[C@@H]3c4ccccc4OC(C)(C)[C@H]3O)cc2[C@@H]1N1C(=O)CC(C)(C)N=C1N. The first-order valence-electron chi connectivity index (χ1n) is 50.2. The molecule has 13 N–H and O–H groups in total. The monoisotopic (exact) mass is 1960 g/mol. The second-order valence-electron chi connectivity index (χ2n) is 43.9. The Kier molecular flexibility index (Phi) is 26.9. The van der Waals surface area contributed by atoms with Gasteiger partial charge < -0.3 is 82.5 Å². The average Bonchev–Trinajstić information content (AvgIpc) is 1.60. The van der Waals surface area contributed by atoms with Crippen molar-refractivity contribution in [3.63, 3.8) is 0 Å². The maximum absolute atomic E-state index is 13.5. The molecule has 0 fully saturated rings. The molecule has 20 rings (SSSR count). The highest BCUT2D eigenvalue weighted by atomic mass is 16.5. The molecule has 144 heavy (non-hydrogen) atoms. The van der Waals surface area contributed by atoms with Crippen molar-refractivity contribution in [2.45, 2.75) is 313 Å². The van der Waals surface area contributed by atoms with Gasteiger partial charge >= 0.3 is 0 Å². The number of guanidine groups is 4. The molecule has 32 nitrogen and oxygen atoms in total. The Bertz CT molecular complexity index is 6370. The number of hydrogen-bond acceptors (Lipinski definition) is 24. The molecule has 12 aliphatic rings. The van der Waals surface area contributed by atoms with Crippen molar-refractivity contribution in [2.24, 2.45) is 48.8 Å². The number of nitrogens with one attached hydrogen (secondary N) is 4. The number of aliphatic hydroxyl groups is 1. The van der Waals surface area contributed by atoms with Crippen molar-refractivity contribution >= 4 is 71.1 Å². The zero-order valence-electron chi connectivity index (χ0n) is 85.8. The third-order valence-electron chi connectivity index (χ3n) is 30.3. The van der Waals surface area contributed by atoms with E-state index >= 15 is 0 Å². The number of amides is 8. The van der Waals surface area contributed by atoms with Crippen molar-refractivity contribution in [1.29, 1.82) is 0 Å². The van der Waals surface area contributed by atoms with Gasteiger partial charge in [-0.15, -0.1) is 0 Å². The number of hydrogen-bond donors (Lipinski definition) is 9. The van der Waals surface area contributed by atoms with Crippen LogP contribution in [-0.4, -0.2) is 165 Å². The molecule has 10 atom stereocenters. The Balaban J connectivity index is 0.000000132. The van der Waals surface area contributed by atoms with Crippen LogP contribution in [0.2, 0.25) is 0 Å². The third kappa shape index (κ3) is 19.7. The number of benzene rings is 8. The van der Waals surface area contributed by atoms with E-state index in [2.05, 4.69) is 38.2 Å². The zero-order chi connectivity index (χ0) is 103. The summed E-state index contributed by atoms with van der Waals surface area (Å²) >= 11 is 0. The Hall–Kier alpha value is -14.0. The molecule has 8 amide bonds. The van der Waals surface area contributed by atoms with Gasteiger partial charge in [0, 0.05) is 80.5 Å². The fraction of sp³-hybridized carbons (Fsp3) is 0.464. The summed E-state index contributed by atoms with van der Waals surface area (Å²) < 4.78 is 42.2. The molecule has 8 aromatic rings. The molecule has 0 bridgehead atoms. The maximum Gasteiger partial charge on any atom is 0.251 e. The quantitative estimate of drug-likeness (QED) is 0.0434. The van der Waals surface area contributed by atoms with Crippen LogP contribution in [0.5, 0.6) is 40.2 Å². The molecule has 0 saturated carbocycles. The lowest BCUT2D eigenvalue weighted by molar-refractivity contribution is -0.134. The highest BCUT2D eigenvalue weighted by Crippen LogP contribution is 2.53. The minimum absolute atomic E-state index is 0.0413. The summed E-state index contributed by atoms with van der Waals surface area (Å²) in [5.74, 6) is 4.71. The summed E-state index contributed by atoms with van der Waals surface area (Å²) in [4.78, 5) is 132. The number of rotatable bonds is 16. The van der Waals surface area contributed by atoms with Crippen molar-refractivity contribution < 1.29 is 76.6 Å². The molecule has 760 valence electrons. The smallest absolute Gasteiger partial charge is 0.251 e. The first-order chi connectivity index (χ1) is 68.0. The molecule has 0 spiro atoms. The van der Waals surface area contributed by atoms with Crippen LogP contribution in [0, 0.1) is 5.92 Å². The van der Waals surface area contributed by atoms with Gasteiger partial charge in [0.05, 0.1) is 103 Å². The minimum atomic E-state index is -0.941. The lowest BCUT2D eigenvalue weighted by atomic mass is 9.86. The van der Waals surface area contributed by atoms with Gasteiger partial charge in [0.2, 0.25) is 23.6 Å². The number of aliphatic hydroxyl groups excluding tert-OH is 1. The third-order valence-corrected chi connectivity index (χ3v) is 30.3. The summed E-state index contributed by atoms with van der Waals surface area (Å²) in [6, 6.07) is 49.5. The average molecular weight is 1960 g/mol. The first kappa shape index (κ1) is 101. The van der Waals surface area contributed by atoms with Gasteiger partial charge in [-0.25, -0.2) is 20.0 Å². The van der Waals surface area contributed by atoms with Gasteiger partial charge in [-0.3, -0.25) is 58.0 Å². The predicted molar refractivity (Wildman–Crippen MR) is 548 cm³/mol. The molecule has 3 unspecified atom stereocenters. The molecule has 11 heterocycles. The summed E-state index contributed by atoms with van der Waals surface area (Å²) in [7, 11) is 0. The summed E-state index contributed by atoms with van der Waals surface area (Å²) in [5.41, 5.74) is 30.0. The number of nitrogens with zero attached hydrogens (tertiary/aromatic N) is 8. The highest BCUT2D eigenvalue weighted by molar-refractivity contribution is 6.04. The van der Waals surface area contributed by atoms with Crippen molar-refractivity contribution in [3.8, 4) is 40.2 Å². The van der Waals surface area contributed by atoms with Crippen LogP contribution in [0.15, 0.2) is 190 Å². The van der Waals surface area contributed by atoms with E-state index < -0.39 is 68.3 Å². The van der Waals surface area contributed by atoms with Crippen LogP contribution in [-0.2, 0) is 25.6 Å². The second-order valence-corrected chi connectivity index (χ2v) is 43.9. The van der Waals surface area contributed by atoms with Crippen LogP contribution >= 0.6 is 0 Å². The van der Waals surface area contributed by atoms with Gasteiger partial charge in [-0.05, 0) is 237 Å². The Morgan fingerprint density at radius 1 is 0.382 bits per heavy atom. The normalized spacial score (nSPS) is 25.1. The van der Waals surface area contributed by atoms with Crippen LogP contribution < -0.4 is 77.4 Å². The molecule has 0 aromatic heterocycles. The van der Waals surface area contributed by atoms with Crippen molar-refractivity contribution in [1.82, 2.24) is 40.9 Å². The van der Waals surface area contributed by atoms with Gasteiger partial charge in [-0.2, -0.15) is 0 Å². The van der Waals surface area contributed by atoms with Crippen LogP contribution in [0.4, 0.5) is 0 Å². The standard InChI is InChI=1S/4C28H34N4O4/c1-26(2)15-22(33)32(25(29)31-26)23-18-13-16(11-12-21(18)36-28(23,5)6)24(34)30-19-14-27(3,4)35-20-10-8-7-9-17(19)20;1-15-12-16-10-11-17(13-19(16)23(15)32-21(33)14-27(2,3)31-26(32)29)25(35)30-22-18-8-6-7-9-20(18)36-28(4,5)24(22)34;2*1-5-28(6-2)16-23(33)32(26(29)31-28)20-13-14-35-21-12-11-17(15-19(20)21)25(34)30-24-18-9-7-8-10-22(18)36-27(24,3)4/h7-13,19,23H,14-15H2,1-6H3,(H2,29,31)(H,30,34);6-11,13,15,22-24,34H,12,14H2,1-5H3,(H2,29,31)(H,30,35);2*7-12,15,20,24H,5-6,13-14,16H2,1-4H3,(H2,29,31)(H,30,34)/t19-,23?;15-,22-,23-,24+;2*20-,24?/m0111/s1. The lowest BCUT2D eigenvalue weighted by Crippen LogP contribution is -2.55. The van der Waals surface area contributed by atoms with E-state index in [1.54, 1.807) is 77.1 Å². The molecule has 32 heteroatoms. The molecule has 0 saturated heterocycles. The summed E-state index contributed by atoms with van der Waals surface area (Å²) in [6.07, 6.45) is 5.81. The van der Waals surface area contributed by atoms with Gasteiger partial charge in [0.15, 0.2) is 23.8 Å². The largest absolute Gasteiger partial charge is 0.493 e. The topological polar surface area (TPSA) is 436 Å². The van der Waals surface area contributed by atoms with E-state index in [0.29, 0.717) is 90.6 Å². The molecular formula is C112H136N16O16. The van der Waals surface area contributed by atoms with Crippen LogP contribution in [0.25, 0.3) is 0 Å². The van der Waals surface area contributed by atoms with E-state index in [4.69, 9.17) is 66.1 Å². The number of carbonyl (C=O) groups excluding carboxylic acids is 8. The molecule has 8 aromatic carbocycles. The number of nitrogens with two attached hydrogens (primary N) is 4. The van der Waals surface area contributed by atoms with Crippen molar-refractivity contribution in [2.75, 3.05) is 13.2 Å². The first-order valence-corrected chi connectivity index (χ1v) is 50.2. The second kappa shape index (κ2) is 38.2. The molecule has 0 radical (unpaired) electrons. The molecular weight excluding hydrogens is 1830 g/mol. The molecule has 11 aliphatic heterocycles. The number of aliphatic imine (C=N–C) groups is 4. The summed E-state index contributed by atoms with van der Waals surface area (Å²) in [5, 5.41) is 23.6. The van der Waals surface area contributed by atoms with Gasteiger partial charge in [0.25, 0.3) is 23.6 Å². The van der Waals surface area contributed by atoms with Crippen LogP contribution in [0.1, 0.15) is 342 Å². The fourth-order valence-electron chi connectivity index (χ4n) is 22.6. The highest BCUT2D eigenvalue weighted by Gasteiger charge is 2.54. The van der Waals surface area contributed by atoms with E-state index in [1.807, 2.05) is 232 Å². The van der Waals surface area contributed by atoms with Crippen LogP contribution in [0.3, 0.4) is 0 Å². The summed E-state index contributed by atoms with van der Waals surface area (Å²) in [6.45, 7) is 38.0. The Labute approximate surface area is 841 Å². The van der Waals surface area contributed by atoms with Gasteiger partial charge in [-0.1, -0.05) is 113 Å². The fourth-order valence-corrected chi connectivity index (χ4v) is 22.6. The predicted octanol–water partition coefficient (Wildman–Crippen LogP) is 16.0. The zero-order valence-corrected chi connectivity index (χ0v) is 85.8. The van der Waals surface area contributed by atoms with E-state index in [1.165, 1.54) is 4.90 Å². The number of fused-ring (bicyclic) bond motifs is 8. The maximum atomic E-state index is 13.5. The number of ether oxygens (including phenoxy) is 7. The van der Waals surface area contributed by atoms with E-state index in [9.17, 15) is 43.5 Å². The lowest BCUT2D eigenvalue weighted by Gasteiger charge is -2.42. The minimum Gasteiger partial charge on any atom is -0.493 e. The molecule has 1 aliphatic carbocycles. The Morgan fingerprint density at radius 3 is 1.20 bits per heavy atom. The number of carbonyl (C=O) groups is 8. The Morgan fingerprint density at radius 2 is 0.743 bits per heavy atom. The van der Waals surface area contributed by atoms with Crippen molar-refractivity contribution in [3.05, 3.63) is 242 Å². The van der Waals surface area contributed by atoms with E-state index in [0.717, 1.165) is 99.4 Å². The van der Waals surface area contributed by atoms with E-state index in [-0.39, 0.29) is 126 Å². The van der Waals surface area contributed by atoms with Gasteiger partial charge in [0.1, 0.15) is 80.4 Å².